The van der Waals surface area contributed by atoms with E-state index in [-0.39, 0.29) is 0 Å². The van der Waals surface area contributed by atoms with Crippen LogP contribution in [0.2, 0.25) is 9.26 Å². The summed E-state index contributed by atoms with van der Waals surface area (Å²) >= 11 is -2.48. The molecule has 0 radical (unpaired) electrons. The van der Waals surface area contributed by atoms with Crippen molar-refractivity contribution < 1.29 is 20.3 Å². The molecule has 0 fully saturated rings. The Labute approximate surface area is 144 Å². The molecule has 4 rings (SSSR count). The Hall–Kier alpha value is -1.20. The van der Waals surface area contributed by atoms with Crippen LogP contribution in [0.3, 0.4) is 0 Å². The summed E-state index contributed by atoms with van der Waals surface area (Å²) < 4.78 is 8.68. The molecule has 0 heterocycles. The summed E-state index contributed by atoms with van der Waals surface area (Å²) in [6.45, 7) is 4.57. The Morgan fingerprint density at radius 1 is 0.826 bits per heavy atom. The summed E-state index contributed by atoms with van der Waals surface area (Å²) in [6.07, 6.45) is 4.85. The molecule has 0 amide bonds. The predicted molar refractivity (Wildman–Crippen MR) is 97.1 cm³/mol. The number of hydrogen-bond acceptors (Lipinski definition) is 0. The van der Waals surface area contributed by atoms with E-state index in [1.807, 2.05) is 0 Å². The molecule has 0 bridgehead atoms. The molecular formula is C22H24Zr. The molecule has 0 N–H and O–H groups in total. The van der Waals surface area contributed by atoms with Crippen molar-refractivity contribution in [1.29, 1.82) is 0 Å². The van der Waals surface area contributed by atoms with Crippen molar-refractivity contribution in [2.75, 3.05) is 0 Å². The van der Waals surface area contributed by atoms with Gasteiger partial charge >= 0.3 is 145 Å². The second kappa shape index (κ2) is 5.42. The quantitative estimate of drug-likeness (QED) is 0.531. The summed E-state index contributed by atoms with van der Waals surface area (Å²) in [6, 6.07) is 16.0. The third-order valence-corrected chi connectivity index (χ3v) is 15.0. The molecule has 0 nitrogen and oxygen atoms in total. The van der Waals surface area contributed by atoms with Gasteiger partial charge in [-0.2, -0.15) is 0 Å². The summed E-state index contributed by atoms with van der Waals surface area (Å²) in [5.74, 6) is 0. The fourth-order valence-electron chi connectivity index (χ4n) is 4.18. The van der Waals surface area contributed by atoms with Crippen LogP contribution in [0.25, 0.3) is 11.1 Å². The Morgan fingerprint density at radius 3 is 2.30 bits per heavy atom. The maximum absolute atomic E-state index is 2.60. The van der Waals surface area contributed by atoms with Crippen molar-refractivity contribution in [3.05, 3.63) is 74.1 Å². The van der Waals surface area contributed by atoms with Crippen LogP contribution in [0.4, 0.5) is 0 Å². The Bertz CT molecular complexity index is 865. The number of hydrogen-bond donors (Lipinski definition) is 0. The van der Waals surface area contributed by atoms with Crippen LogP contribution in [0.5, 0.6) is 0 Å². The Balaban J connectivity index is 1.82. The topological polar surface area (TPSA) is 0 Å². The normalized spacial score (nSPS) is 16.4. The summed E-state index contributed by atoms with van der Waals surface area (Å²) in [4.78, 5) is 0. The molecule has 0 saturated heterocycles. The first-order valence-corrected chi connectivity index (χ1v) is 15.9. The van der Waals surface area contributed by atoms with Crippen LogP contribution in [0.1, 0.15) is 31.4 Å². The third kappa shape index (κ3) is 2.36. The molecule has 0 spiro atoms. The van der Waals surface area contributed by atoms with E-state index in [9.17, 15) is 0 Å². The average molecular weight is 380 g/mol. The van der Waals surface area contributed by atoms with Crippen molar-refractivity contribution in [3.63, 3.8) is 0 Å². The van der Waals surface area contributed by atoms with E-state index in [1.165, 1.54) is 28.7 Å². The first-order chi connectivity index (χ1) is 11.0. The van der Waals surface area contributed by atoms with Gasteiger partial charge < -0.3 is 0 Å². The van der Waals surface area contributed by atoms with Crippen LogP contribution in [0.15, 0.2) is 63.0 Å². The van der Waals surface area contributed by atoms with Gasteiger partial charge in [0.25, 0.3) is 0 Å². The summed E-state index contributed by atoms with van der Waals surface area (Å²) in [7, 11) is 0. The minimum absolute atomic E-state index is 1.13. The number of allylic oxidation sites excluding steroid dienone is 4. The Morgan fingerprint density at radius 2 is 1.57 bits per heavy atom. The van der Waals surface area contributed by atoms with E-state index in [0.717, 1.165) is 6.42 Å². The molecular weight excluding hydrogens is 355 g/mol. The maximum atomic E-state index is 2.60. The first kappa shape index (κ1) is 15.3. The standard InChI is InChI=1S/C13H9.C7H9.2CH3.Zr/c1-3-7-12-10(5-1)9-11-6-2-4-8-13(11)12;1-6-4-3-5-7(6)2;;;/h1-5,7-8H,9H2;4H,5H2,1-2H3;2*1H3;. The molecule has 1 heteroatoms. The van der Waals surface area contributed by atoms with Crippen molar-refractivity contribution in [3.8, 4) is 11.1 Å². The molecule has 0 aromatic heterocycles. The van der Waals surface area contributed by atoms with Crippen LogP contribution in [0, 0.1) is 0 Å². The van der Waals surface area contributed by atoms with Crippen molar-refractivity contribution in [2.24, 2.45) is 0 Å². The van der Waals surface area contributed by atoms with Crippen LogP contribution in [-0.2, 0) is 26.7 Å². The van der Waals surface area contributed by atoms with Crippen LogP contribution in [-0.4, -0.2) is 0 Å². The van der Waals surface area contributed by atoms with E-state index in [1.54, 1.807) is 17.7 Å². The van der Waals surface area contributed by atoms with E-state index in [2.05, 4.69) is 71.7 Å². The fourth-order valence-corrected chi connectivity index (χ4v) is 11.8. The van der Waals surface area contributed by atoms with E-state index >= 15 is 0 Å². The van der Waals surface area contributed by atoms with Crippen molar-refractivity contribution >= 4 is 3.27 Å². The zero-order valence-corrected chi connectivity index (χ0v) is 17.0. The second-order valence-corrected chi connectivity index (χ2v) is 18.5. The van der Waals surface area contributed by atoms with Gasteiger partial charge in [-0.15, -0.1) is 0 Å². The van der Waals surface area contributed by atoms with E-state index in [4.69, 9.17) is 0 Å². The molecule has 2 aliphatic carbocycles. The zero-order chi connectivity index (χ0) is 16.2. The number of fused-ring (bicyclic) bond motifs is 3. The van der Waals surface area contributed by atoms with E-state index in [0.29, 0.717) is 0 Å². The predicted octanol–water partition coefficient (Wildman–Crippen LogP) is 5.76. The van der Waals surface area contributed by atoms with Gasteiger partial charge in [-0.25, -0.2) is 0 Å². The van der Waals surface area contributed by atoms with Gasteiger partial charge in [0.1, 0.15) is 0 Å². The molecule has 116 valence electrons. The van der Waals surface area contributed by atoms with Crippen molar-refractivity contribution in [2.45, 2.75) is 36.0 Å². The molecule has 2 aromatic rings. The first-order valence-electron chi connectivity index (χ1n) is 8.56. The fraction of sp³-hybridized carbons (Fsp3) is 0.273. The summed E-state index contributed by atoms with van der Waals surface area (Å²) in [5, 5.41) is 0. The molecule has 23 heavy (non-hydrogen) atoms. The van der Waals surface area contributed by atoms with E-state index < -0.39 is 20.3 Å². The van der Waals surface area contributed by atoms with Gasteiger partial charge in [0.05, 0.1) is 0 Å². The monoisotopic (exact) mass is 378 g/mol. The SMILES string of the molecule is CC1=C(C)C[C]([Zr]([CH3])([CH3])[c]2cccc3c2Cc2ccccc2-3)=C1. The van der Waals surface area contributed by atoms with Gasteiger partial charge in [0.15, 0.2) is 0 Å². The van der Waals surface area contributed by atoms with Crippen LogP contribution < -0.4 is 3.27 Å². The molecule has 2 aliphatic rings. The van der Waals surface area contributed by atoms with Gasteiger partial charge in [-0.3, -0.25) is 0 Å². The third-order valence-electron chi connectivity index (χ3n) is 5.85. The van der Waals surface area contributed by atoms with Crippen LogP contribution >= 0.6 is 0 Å². The summed E-state index contributed by atoms with van der Waals surface area (Å²) in [5.41, 5.74) is 9.14. The molecule has 0 aliphatic heterocycles. The zero-order valence-electron chi connectivity index (χ0n) is 14.5. The van der Waals surface area contributed by atoms with Gasteiger partial charge in [0.2, 0.25) is 0 Å². The minimum atomic E-state index is -2.48. The van der Waals surface area contributed by atoms with Gasteiger partial charge in [-0.05, 0) is 0 Å². The Kier molecular flexibility index (Phi) is 3.61. The second-order valence-electron chi connectivity index (χ2n) is 7.60. The number of benzene rings is 2. The number of rotatable bonds is 2. The molecule has 2 aromatic carbocycles. The average Bonchev–Trinajstić information content (AvgIpc) is 3.08. The van der Waals surface area contributed by atoms with Gasteiger partial charge in [-0.1, -0.05) is 0 Å². The van der Waals surface area contributed by atoms with Gasteiger partial charge in [0, 0.05) is 0 Å². The molecule has 0 unspecified atom stereocenters. The molecule has 0 saturated carbocycles. The molecule has 0 atom stereocenters. The van der Waals surface area contributed by atoms with Crippen molar-refractivity contribution in [1.82, 2.24) is 0 Å².